The van der Waals surface area contributed by atoms with E-state index >= 15 is 0 Å². The fraction of sp³-hybridized carbons (Fsp3) is 0.222. The minimum Gasteiger partial charge on any atom is -0.496 e. The van der Waals surface area contributed by atoms with Gasteiger partial charge in [0.2, 0.25) is 0 Å². The number of hydrogen-bond acceptors (Lipinski definition) is 4. The third kappa shape index (κ3) is 2.78. The first-order valence-corrected chi connectivity index (χ1v) is 7.24. The molecule has 0 bridgehead atoms. The number of methoxy groups -OCH3 is 1. The van der Waals surface area contributed by atoms with Crippen LogP contribution in [-0.4, -0.2) is 12.2 Å². The summed E-state index contributed by atoms with van der Waals surface area (Å²) in [6.45, 7) is 1.98. The van der Waals surface area contributed by atoms with E-state index in [1.165, 1.54) is 0 Å². The van der Waals surface area contributed by atoms with Crippen molar-refractivity contribution >= 4 is 16.7 Å². The van der Waals surface area contributed by atoms with Crippen LogP contribution in [0.2, 0.25) is 0 Å². The van der Waals surface area contributed by atoms with Crippen molar-refractivity contribution in [3.8, 4) is 5.75 Å². The van der Waals surface area contributed by atoms with Gasteiger partial charge in [-0.2, -0.15) is 0 Å². The van der Waals surface area contributed by atoms with E-state index in [9.17, 15) is 5.11 Å². The SMILES string of the molecule is COc1ccc(NC(C)c2cc3ccccc3o2)cc1CO. The lowest BCUT2D eigenvalue weighted by Gasteiger charge is -2.15. The lowest BCUT2D eigenvalue weighted by Crippen LogP contribution is -2.06. The Morgan fingerprint density at radius 2 is 2.00 bits per heavy atom. The molecule has 0 fully saturated rings. The number of benzene rings is 2. The number of anilines is 1. The summed E-state index contributed by atoms with van der Waals surface area (Å²) < 4.78 is 11.1. The average Bonchev–Trinajstić information content (AvgIpc) is 2.99. The van der Waals surface area contributed by atoms with Gasteiger partial charge in [0.1, 0.15) is 17.1 Å². The summed E-state index contributed by atoms with van der Waals surface area (Å²) in [5.74, 6) is 1.56. The topological polar surface area (TPSA) is 54.6 Å². The molecule has 3 rings (SSSR count). The molecule has 0 radical (unpaired) electrons. The maximum Gasteiger partial charge on any atom is 0.134 e. The number of hydrogen-bond donors (Lipinski definition) is 2. The first kappa shape index (κ1) is 14.5. The van der Waals surface area contributed by atoms with E-state index in [1.807, 2.05) is 55.5 Å². The minimum absolute atomic E-state index is 0.0207. The first-order valence-electron chi connectivity index (χ1n) is 7.24. The molecule has 0 aliphatic carbocycles. The van der Waals surface area contributed by atoms with E-state index in [-0.39, 0.29) is 12.6 Å². The Balaban J connectivity index is 1.82. The Labute approximate surface area is 129 Å². The molecule has 2 N–H and O–H groups in total. The van der Waals surface area contributed by atoms with Crippen molar-refractivity contribution < 1.29 is 14.3 Å². The smallest absolute Gasteiger partial charge is 0.134 e. The molecule has 0 spiro atoms. The van der Waals surface area contributed by atoms with Gasteiger partial charge in [0.25, 0.3) is 0 Å². The van der Waals surface area contributed by atoms with Crippen LogP contribution in [0.15, 0.2) is 52.9 Å². The molecule has 2 aromatic carbocycles. The van der Waals surface area contributed by atoms with E-state index in [0.29, 0.717) is 5.75 Å². The lowest BCUT2D eigenvalue weighted by atomic mass is 10.1. The van der Waals surface area contributed by atoms with E-state index in [2.05, 4.69) is 5.32 Å². The van der Waals surface area contributed by atoms with Gasteiger partial charge in [-0.3, -0.25) is 0 Å². The molecular formula is C18H19NO3. The molecule has 4 heteroatoms. The molecule has 1 heterocycles. The summed E-state index contributed by atoms with van der Waals surface area (Å²) in [6.07, 6.45) is 0. The van der Waals surface area contributed by atoms with E-state index < -0.39 is 0 Å². The predicted molar refractivity (Wildman–Crippen MR) is 87.2 cm³/mol. The fourth-order valence-electron chi connectivity index (χ4n) is 2.53. The molecule has 1 atom stereocenters. The molecule has 0 amide bonds. The molecule has 0 saturated carbocycles. The second kappa shape index (κ2) is 6.12. The van der Waals surface area contributed by atoms with Gasteiger partial charge >= 0.3 is 0 Å². The van der Waals surface area contributed by atoms with Gasteiger partial charge in [0.15, 0.2) is 0 Å². The normalized spacial score (nSPS) is 12.3. The second-order valence-corrected chi connectivity index (χ2v) is 5.24. The highest BCUT2D eigenvalue weighted by atomic mass is 16.5. The molecule has 0 saturated heterocycles. The highest BCUT2D eigenvalue weighted by Crippen LogP contribution is 2.28. The van der Waals surface area contributed by atoms with Crippen molar-refractivity contribution in [3.05, 3.63) is 59.9 Å². The third-order valence-corrected chi connectivity index (χ3v) is 3.71. The van der Waals surface area contributed by atoms with Gasteiger partial charge < -0.3 is 19.6 Å². The summed E-state index contributed by atoms with van der Waals surface area (Å²) in [6, 6.07) is 15.7. The highest BCUT2D eigenvalue weighted by molar-refractivity contribution is 5.77. The largest absolute Gasteiger partial charge is 0.496 e. The third-order valence-electron chi connectivity index (χ3n) is 3.71. The number of furan rings is 1. The zero-order valence-corrected chi connectivity index (χ0v) is 12.7. The maximum atomic E-state index is 9.39. The van der Waals surface area contributed by atoms with Crippen molar-refractivity contribution in [2.75, 3.05) is 12.4 Å². The Morgan fingerprint density at radius 3 is 2.73 bits per heavy atom. The summed E-state index contributed by atoms with van der Waals surface area (Å²) in [5.41, 5.74) is 2.55. The van der Waals surface area contributed by atoms with Gasteiger partial charge in [-0.15, -0.1) is 0 Å². The van der Waals surface area contributed by atoms with Crippen LogP contribution < -0.4 is 10.1 Å². The number of ether oxygens (including phenoxy) is 1. The van der Waals surface area contributed by atoms with Crippen LogP contribution in [0.5, 0.6) is 5.75 Å². The van der Waals surface area contributed by atoms with Crippen LogP contribution in [0.4, 0.5) is 5.69 Å². The molecule has 114 valence electrons. The van der Waals surface area contributed by atoms with Crippen molar-refractivity contribution in [2.45, 2.75) is 19.6 Å². The molecule has 4 nitrogen and oxygen atoms in total. The maximum absolute atomic E-state index is 9.39. The van der Waals surface area contributed by atoms with Crippen molar-refractivity contribution in [3.63, 3.8) is 0 Å². The number of aliphatic hydroxyl groups is 1. The first-order chi connectivity index (χ1) is 10.7. The van der Waals surface area contributed by atoms with Gasteiger partial charge in [-0.25, -0.2) is 0 Å². The predicted octanol–water partition coefficient (Wildman–Crippen LogP) is 4.11. The van der Waals surface area contributed by atoms with Crippen molar-refractivity contribution in [1.82, 2.24) is 0 Å². The summed E-state index contributed by atoms with van der Waals surface area (Å²) in [7, 11) is 1.60. The minimum atomic E-state index is -0.0578. The standard InChI is InChI=1S/C18H19NO3/c1-12(18-10-13-5-3-4-6-17(13)22-18)19-15-7-8-16(21-2)14(9-15)11-20/h3-10,12,19-20H,11H2,1-2H3. The van der Waals surface area contributed by atoms with E-state index in [4.69, 9.17) is 9.15 Å². The zero-order valence-electron chi connectivity index (χ0n) is 12.7. The molecule has 0 aliphatic rings. The van der Waals surface area contributed by atoms with E-state index in [0.717, 1.165) is 28.0 Å². The highest BCUT2D eigenvalue weighted by Gasteiger charge is 2.12. The molecule has 22 heavy (non-hydrogen) atoms. The molecule has 1 aromatic heterocycles. The fourth-order valence-corrected chi connectivity index (χ4v) is 2.53. The monoisotopic (exact) mass is 297 g/mol. The van der Waals surface area contributed by atoms with Gasteiger partial charge in [0, 0.05) is 16.6 Å². The van der Waals surface area contributed by atoms with Gasteiger partial charge in [0.05, 0.1) is 19.8 Å². The Bertz CT molecular complexity index is 746. The average molecular weight is 297 g/mol. The van der Waals surface area contributed by atoms with Gasteiger partial charge in [-0.1, -0.05) is 18.2 Å². The molecule has 1 unspecified atom stereocenters. The van der Waals surface area contributed by atoms with Crippen LogP contribution in [0.25, 0.3) is 11.0 Å². The van der Waals surface area contributed by atoms with Crippen LogP contribution in [0, 0.1) is 0 Å². The Hall–Kier alpha value is -2.46. The molecular weight excluding hydrogens is 278 g/mol. The number of para-hydroxylation sites is 1. The summed E-state index contributed by atoms with van der Waals surface area (Å²) in [4.78, 5) is 0. The number of aliphatic hydroxyl groups excluding tert-OH is 1. The van der Waals surface area contributed by atoms with Crippen molar-refractivity contribution in [2.24, 2.45) is 0 Å². The number of rotatable bonds is 5. The van der Waals surface area contributed by atoms with Crippen LogP contribution >= 0.6 is 0 Å². The molecule has 3 aromatic rings. The van der Waals surface area contributed by atoms with Crippen LogP contribution in [0.1, 0.15) is 24.3 Å². The van der Waals surface area contributed by atoms with Crippen molar-refractivity contribution in [1.29, 1.82) is 0 Å². The van der Waals surface area contributed by atoms with Crippen LogP contribution in [-0.2, 0) is 6.61 Å². The van der Waals surface area contributed by atoms with Gasteiger partial charge in [-0.05, 0) is 37.3 Å². The zero-order chi connectivity index (χ0) is 15.5. The quantitative estimate of drug-likeness (QED) is 0.744. The second-order valence-electron chi connectivity index (χ2n) is 5.24. The lowest BCUT2D eigenvalue weighted by molar-refractivity contribution is 0.274. The number of fused-ring (bicyclic) bond motifs is 1. The summed E-state index contributed by atoms with van der Waals surface area (Å²) in [5, 5.41) is 13.9. The summed E-state index contributed by atoms with van der Waals surface area (Å²) >= 11 is 0. The Morgan fingerprint density at radius 1 is 1.18 bits per heavy atom. The van der Waals surface area contributed by atoms with Crippen LogP contribution in [0.3, 0.4) is 0 Å². The molecule has 0 aliphatic heterocycles. The number of nitrogens with one attached hydrogen (secondary N) is 1. The van der Waals surface area contributed by atoms with E-state index in [1.54, 1.807) is 7.11 Å². The Kier molecular flexibility index (Phi) is 4.02.